The second-order valence-electron chi connectivity index (χ2n) is 7.01. The van der Waals surface area contributed by atoms with Crippen LogP contribution in [0.25, 0.3) is 0 Å². The molecule has 2 rings (SSSR count). The van der Waals surface area contributed by atoms with Crippen LogP contribution >= 0.6 is 0 Å². The minimum atomic E-state index is -0.956. The highest BCUT2D eigenvalue weighted by Crippen LogP contribution is 2.41. The van der Waals surface area contributed by atoms with E-state index >= 15 is 0 Å². The molecular formula is C21H24N2O7. The summed E-state index contributed by atoms with van der Waals surface area (Å²) >= 11 is 0. The monoisotopic (exact) mass is 416 g/mol. The van der Waals surface area contributed by atoms with Gasteiger partial charge in [-0.05, 0) is 32.8 Å². The number of nitrogens with zero attached hydrogens (tertiary/aromatic N) is 2. The van der Waals surface area contributed by atoms with Crippen LogP contribution in [0.15, 0.2) is 40.5 Å². The average Bonchev–Trinajstić information content (AvgIpc) is 2.69. The van der Waals surface area contributed by atoms with Crippen molar-refractivity contribution < 1.29 is 28.8 Å². The Morgan fingerprint density at radius 3 is 2.50 bits per heavy atom. The van der Waals surface area contributed by atoms with Gasteiger partial charge >= 0.3 is 11.9 Å². The van der Waals surface area contributed by atoms with Crippen LogP contribution in [0.3, 0.4) is 0 Å². The third kappa shape index (κ3) is 5.16. The first-order chi connectivity index (χ1) is 14.2. The number of hydrogen-bond donors (Lipinski definition) is 0. The number of nitro groups is 1. The molecule has 160 valence electrons. The molecule has 1 aromatic rings. The molecule has 9 nitrogen and oxygen atoms in total. The molecule has 1 aromatic carbocycles. The third-order valence-corrected chi connectivity index (χ3v) is 4.60. The predicted octanol–water partition coefficient (Wildman–Crippen LogP) is 3.13. The maximum Gasteiger partial charge on any atom is 0.336 e. The van der Waals surface area contributed by atoms with Crippen LogP contribution in [-0.2, 0) is 23.9 Å². The van der Waals surface area contributed by atoms with E-state index in [1.54, 1.807) is 19.9 Å². The molecule has 1 heterocycles. The van der Waals surface area contributed by atoms with Crippen molar-refractivity contribution in [2.45, 2.75) is 40.0 Å². The maximum atomic E-state index is 12.8. The lowest BCUT2D eigenvalue weighted by atomic mass is 9.75. The number of non-ortho nitro benzene ring substituents is 1. The van der Waals surface area contributed by atoms with Crippen molar-refractivity contribution in [3.8, 4) is 0 Å². The Morgan fingerprint density at radius 1 is 1.20 bits per heavy atom. The number of hydrogen-bond acceptors (Lipinski definition) is 8. The zero-order chi connectivity index (χ0) is 22.4. The van der Waals surface area contributed by atoms with Crippen molar-refractivity contribution in [1.29, 1.82) is 0 Å². The molecule has 0 radical (unpaired) electrons. The average molecular weight is 416 g/mol. The smallest absolute Gasteiger partial charge is 0.336 e. The van der Waals surface area contributed by atoms with Gasteiger partial charge in [0.1, 0.15) is 12.5 Å². The first-order valence-corrected chi connectivity index (χ1v) is 9.50. The summed E-state index contributed by atoms with van der Waals surface area (Å²) in [5, 5.41) is 11.3. The van der Waals surface area contributed by atoms with E-state index in [-0.39, 0.29) is 23.7 Å². The first kappa shape index (κ1) is 22.9. The van der Waals surface area contributed by atoms with Crippen LogP contribution in [0.5, 0.6) is 0 Å². The number of esters is 2. The number of carbonyl (C=O) groups is 3. The molecule has 9 heteroatoms. The molecule has 2 unspecified atom stereocenters. The fraction of sp³-hybridized carbons (Fsp3) is 0.429. The van der Waals surface area contributed by atoms with Crippen molar-refractivity contribution in [3.05, 3.63) is 51.2 Å². The Balaban J connectivity index is 2.60. The SMILES string of the molecule is CCCOC(=O)C1C(C)=NC(C)=C(C(=O)OCC(C)=O)C1c1cccc([N+](=O)[O-])c1. The lowest BCUT2D eigenvalue weighted by Crippen LogP contribution is -2.37. The molecule has 0 aromatic heterocycles. The molecule has 2 atom stereocenters. The van der Waals surface area contributed by atoms with Gasteiger partial charge in [-0.15, -0.1) is 0 Å². The van der Waals surface area contributed by atoms with Gasteiger partial charge < -0.3 is 9.47 Å². The van der Waals surface area contributed by atoms with Gasteiger partial charge in [0.2, 0.25) is 0 Å². The van der Waals surface area contributed by atoms with E-state index in [4.69, 9.17) is 9.47 Å². The van der Waals surface area contributed by atoms with Gasteiger partial charge in [0.15, 0.2) is 5.78 Å². The quantitative estimate of drug-likeness (QED) is 0.362. The Morgan fingerprint density at radius 2 is 1.90 bits per heavy atom. The van der Waals surface area contributed by atoms with E-state index in [9.17, 15) is 24.5 Å². The fourth-order valence-corrected chi connectivity index (χ4v) is 3.34. The summed E-state index contributed by atoms with van der Waals surface area (Å²) in [5.41, 5.74) is 1.01. The summed E-state index contributed by atoms with van der Waals surface area (Å²) in [7, 11) is 0. The molecule has 0 bridgehead atoms. The van der Waals surface area contributed by atoms with Crippen molar-refractivity contribution in [2.24, 2.45) is 10.9 Å². The largest absolute Gasteiger partial charge is 0.465 e. The summed E-state index contributed by atoms with van der Waals surface area (Å²) in [4.78, 5) is 52.0. The number of Topliss-reactive ketones (excluding diaryl/α,β-unsaturated/α-hetero) is 1. The van der Waals surface area contributed by atoms with Gasteiger partial charge in [-0.1, -0.05) is 19.1 Å². The topological polar surface area (TPSA) is 125 Å². The number of rotatable bonds is 8. The van der Waals surface area contributed by atoms with E-state index in [0.29, 0.717) is 23.4 Å². The fourth-order valence-electron chi connectivity index (χ4n) is 3.34. The molecule has 0 amide bonds. The van der Waals surface area contributed by atoms with Gasteiger partial charge in [-0.25, -0.2) is 4.79 Å². The maximum absolute atomic E-state index is 12.8. The van der Waals surface area contributed by atoms with E-state index in [1.807, 2.05) is 6.92 Å². The van der Waals surface area contributed by atoms with Gasteiger partial charge in [0.25, 0.3) is 5.69 Å². The van der Waals surface area contributed by atoms with Crippen LogP contribution in [0.4, 0.5) is 5.69 Å². The normalized spacial score (nSPS) is 18.5. The highest BCUT2D eigenvalue weighted by Gasteiger charge is 2.42. The predicted molar refractivity (Wildman–Crippen MR) is 108 cm³/mol. The molecule has 30 heavy (non-hydrogen) atoms. The lowest BCUT2D eigenvalue weighted by Gasteiger charge is -2.31. The highest BCUT2D eigenvalue weighted by atomic mass is 16.6. The van der Waals surface area contributed by atoms with E-state index < -0.39 is 35.3 Å². The van der Waals surface area contributed by atoms with E-state index in [0.717, 1.165) is 0 Å². The number of nitro benzene ring substituents is 1. The molecule has 0 saturated heterocycles. The summed E-state index contributed by atoms with van der Waals surface area (Å²) in [6.07, 6.45) is 0.610. The zero-order valence-electron chi connectivity index (χ0n) is 17.3. The number of ketones is 1. The molecule has 0 spiro atoms. The number of allylic oxidation sites excluding steroid dienone is 1. The van der Waals surface area contributed by atoms with Crippen LogP contribution in [-0.4, -0.2) is 41.6 Å². The molecule has 0 N–H and O–H groups in total. The second-order valence-corrected chi connectivity index (χ2v) is 7.01. The van der Waals surface area contributed by atoms with E-state index in [2.05, 4.69) is 4.99 Å². The first-order valence-electron chi connectivity index (χ1n) is 9.50. The molecule has 1 aliphatic heterocycles. The summed E-state index contributed by atoms with van der Waals surface area (Å²) in [5.74, 6) is -3.58. The van der Waals surface area contributed by atoms with Crippen LogP contribution in [0.2, 0.25) is 0 Å². The van der Waals surface area contributed by atoms with Crippen molar-refractivity contribution >= 4 is 29.1 Å². The molecule has 0 saturated carbocycles. The van der Waals surface area contributed by atoms with Crippen LogP contribution in [0, 0.1) is 16.0 Å². The number of ether oxygens (including phenoxy) is 2. The van der Waals surface area contributed by atoms with Crippen LogP contribution < -0.4 is 0 Å². The molecule has 0 aliphatic carbocycles. The van der Waals surface area contributed by atoms with Gasteiger partial charge in [-0.2, -0.15) is 0 Å². The van der Waals surface area contributed by atoms with Crippen molar-refractivity contribution in [3.63, 3.8) is 0 Å². The number of aliphatic imine (C=N–C) groups is 1. The van der Waals surface area contributed by atoms with Crippen LogP contribution in [0.1, 0.15) is 45.6 Å². The van der Waals surface area contributed by atoms with Gasteiger partial charge in [0, 0.05) is 29.5 Å². The molecular weight excluding hydrogens is 392 g/mol. The summed E-state index contributed by atoms with van der Waals surface area (Å²) in [6, 6.07) is 5.72. The molecule has 1 aliphatic rings. The minimum Gasteiger partial charge on any atom is -0.465 e. The van der Waals surface area contributed by atoms with Crippen molar-refractivity contribution in [2.75, 3.05) is 13.2 Å². The lowest BCUT2D eigenvalue weighted by molar-refractivity contribution is -0.384. The standard InChI is InChI=1S/C21H24N2O7/c1-5-9-29-20(25)17-13(3)22-14(4)18(21(26)30-11-12(2)24)19(17)15-7-6-8-16(10-15)23(27)28/h6-8,10,17,19H,5,9,11H2,1-4H3. The Bertz CT molecular complexity index is 933. The molecule has 0 fully saturated rings. The summed E-state index contributed by atoms with van der Waals surface area (Å²) in [6.45, 7) is 6.12. The number of benzene rings is 1. The number of carbonyl (C=O) groups excluding carboxylic acids is 3. The minimum absolute atomic E-state index is 0.0702. The highest BCUT2D eigenvalue weighted by molar-refractivity contribution is 6.07. The Labute approximate surface area is 173 Å². The zero-order valence-corrected chi connectivity index (χ0v) is 17.3. The van der Waals surface area contributed by atoms with E-state index in [1.165, 1.54) is 25.1 Å². The Kier molecular flexibility index (Phi) is 7.57. The van der Waals surface area contributed by atoms with Gasteiger partial charge in [-0.3, -0.25) is 24.7 Å². The Hall–Kier alpha value is -3.36. The summed E-state index contributed by atoms with van der Waals surface area (Å²) < 4.78 is 10.4. The third-order valence-electron chi connectivity index (χ3n) is 4.60. The van der Waals surface area contributed by atoms with Gasteiger partial charge in [0.05, 0.1) is 17.1 Å². The van der Waals surface area contributed by atoms with Crippen molar-refractivity contribution in [1.82, 2.24) is 0 Å². The second kappa shape index (κ2) is 9.91.